The lowest BCUT2D eigenvalue weighted by molar-refractivity contribution is 0.0564. The summed E-state index contributed by atoms with van der Waals surface area (Å²) in [6, 6.07) is 7.64. The third-order valence-electron chi connectivity index (χ3n) is 4.52. The van der Waals surface area contributed by atoms with Gasteiger partial charge in [0.15, 0.2) is 5.89 Å². The monoisotopic (exact) mass is 352 g/mol. The number of rotatable bonds is 3. The molecule has 0 fully saturated rings. The van der Waals surface area contributed by atoms with E-state index in [4.69, 9.17) is 9.15 Å². The maximum Gasteiger partial charge on any atom is 0.292 e. The predicted octanol–water partition coefficient (Wildman–Crippen LogP) is 2.59. The van der Waals surface area contributed by atoms with Crippen molar-refractivity contribution in [2.24, 2.45) is 0 Å². The molecule has 26 heavy (non-hydrogen) atoms. The minimum absolute atomic E-state index is 0.158. The van der Waals surface area contributed by atoms with Gasteiger partial charge in [-0.1, -0.05) is 18.2 Å². The van der Waals surface area contributed by atoms with E-state index in [1.807, 2.05) is 35.0 Å². The molecule has 1 aliphatic rings. The standard InChI is InChI=1S/C19H20N4O3/c1-13-18(26-14(2)21-13)19(24)23-9-15-5-3-4-6-17(15)25-11-16(23)10-22-8-7-20-12-22/h3-8,12,16H,9-11H2,1-2H3/t16-/m1/s1. The third kappa shape index (κ3) is 3.08. The van der Waals surface area contributed by atoms with Gasteiger partial charge in [-0.3, -0.25) is 4.79 Å². The highest BCUT2D eigenvalue weighted by molar-refractivity contribution is 5.92. The number of oxazole rings is 1. The highest BCUT2D eigenvalue weighted by Crippen LogP contribution is 2.27. The lowest BCUT2D eigenvalue weighted by atomic mass is 10.1. The van der Waals surface area contributed by atoms with E-state index in [1.54, 1.807) is 31.3 Å². The maximum absolute atomic E-state index is 13.2. The maximum atomic E-state index is 13.2. The van der Waals surface area contributed by atoms with E-state index in [0.717, 1.165) is 11.3 Å². The van der Waals surface area contributed by atoms with Crippen molar-refractivity contribution in [3.8, 4) is 5.75 Å². The number of ether oxygens (including phenoxy) is 1. The molecule has 0 bridgehead atoms. The molecule has 7 heteroatoms. The summed E-state index contributed by atoms with van der Waals surface area (Å²) in [6.45, 7) is 4.97. The van der Waals surface area contributed by atoms with E-state index in [9.17, 15) is 4.79 Å². The van der Waals surface area contributed by atoms with E-state index in [1.165, 1.54) is 0 Å². The molecule has 0 saturated heterocycles. The molecular formula is C19H20N4O3. The number of amides is 1. The van der Waals surface area contributed by atoms with Crippen LogP contribution in [0.1, 0.15) is 27.7 Å². The van der Waals surface area contributed by atoms with Crippen molar-refractivity contribution in [2.75, 3.05) is 6.61 Å². The average molecular weight is 352 g/mol. The molecule has 134 valence electrons. The Labute approximate surface area is 151 Å². The molecule has 1 amide bonds. The van der Waals surface area contributed by atoms with E-state index in [-0.39, 0.29) is 17.7 Å². The zero-order chi connectivity index (χ0) is 18.1. The number of fused-ring (bicyclic) bond motifs is 1. The number of benzene rings is 1. The molecule has 1 aliphatic heterocycles. The Hall–Kier alpha value is -3.09. The van der Waals surface area contributed by atoms with Crippen LogP contribution in [0.3, 0.4) is 0 Å². The van der Waals surface area contributed by atoms with Crippen LogP contribution in [0.15, 0.2) is 47.4 Å². The van der Waals surface area contributed by atoms with E-state index < -0.39 is 0 Å². The molecule has 4 rings (SSSR count). The lowest BCUT2D eigenvalue weighted by Crippen LogP contribution is -2.44. The summed E-state index contributed by atoms with van der Waals surface area (Å²) in [5, 5.41) is 0. The van der Waals surface area contributed by atoms with Crippen LogP contribution in [-0.2, 0) is 13.1 Å². The molecule has 0 aliphatic carbocycles. The molecule has 0 spiro atoms. The van der Waals surface area contributed by atoms with Crippen molar-refractivity contribution >= 4 is 5.91 Å². The van der Waals surface area contributed by atoms with Crippen LogP contribution in [-0.4, -0.2) is 38.0 Å². The first-order chi connectivity index (χ1) is 12.6. The second-order valence-electron chi connectivity index (χ2n) is 6.41. The van der Waals surface area contributed by atoms with Crippen molar-refractivity contribution in [1.82, 2.24) is 19.4 Å². The number of hydrogen-bond donors (Lipinski definition) is 0. The fourth-order valence-electron chi connectivity index (χ4n) is 3.25. The number of carbonyl (C=O) groups is 1. The minimum Gasteiger partial charge on any atom is -0.491 e. The van der Waals surface area contributed by atoms with Gasteiger partial charge < -0.3 is 18.6 Å². The number of para-hydroxylation sites is 1. The zero-order valence-electron chi connectivity index (χ0n) is 14.8. The Morgan fingerprint density at radius 1 is 1.31 bits per heavy atom. The third-order valence-corrected chi connectivity index (χ3v) is 4.52. The lowest BCUT2D eigenvalue weighted by Gasteiger charge is -2.28. The summed E-state index contributed by atoms with van der Waals surface area (Å²) in [5.74, 6) is 1.42. The second-order valence-corrected chi connectivity index (χ2v) is 6.41. The molecule has 3 aromatic rings. The van der Waals surface area contributed by atoms with Crippen molar-refractivity contribution in [3.05, 3.63) is 65.9 Å². The largest absolute Gasteiger partial charge is 0.491 e. The number of aromatic nitrogens is 3. The topological polar surface area (TPSA) is 73.4 Å². The normalized spacial score (nSPS) is 16.7. The molecular weight excluding hydrogens is 332 g/mol. The van der Waals surface area contributed by atoms with Crippen molar-refractivity contribution < 1.29 is 13.9 Å². The fraction of sp³-hybridized carbons (Fsp3) is 0.316. The SMILES string of the molecule is Cc1nc(C)c(C(=O)N2Cc3ccccc3OC[C@H]2Cn2ccnc2)o1. The smallest absolute Gasteiger partial charge is 0.292 e. The summed E-state index contributed by atoms with van der Waals surface area (Å²) >= 11 is 0. The number of aryl methyl sites for hydroxylation is 2. The number of hydrogen-bond acceptors (Lipinski definition) is 5. The molecule has 0 unspecified atom stereocenters. The summed E-state index contributed by atoms with van der Waals surface area (Å²) in [4.78, 5) is 23.4. The van der Waals surface area contributed by atoms with Crippen LogP contribution in [0.4, 0.5) is 0 Å². The second kappa shape index (κ2) is 6.67. The Bertz CT molecular complexity index is 917. The minimum atomic E-state index is -0.173. The van der Waals surface area contributed by atoms with E-state index in [0.29, 0.717) is 31.3 Å². The van der Waals surface area contributed by atoms with Gasteiger partial charge in [0.05, 0.1) is 24.6 Å². The van der Waals surface area contributed by atoms with Gasteiger partial charge in [-0.2, -0.15) is 0 Å². The summed E-state index contributed by atoms with van der Waals surface area (Å²) < 4.78 is 13.5. The zero-order valence-corrected chi connectivity index (χ0v) is 14.8. The van der Waals surface area contributed by atoms with Gasteiger partial charge in [0, 0.05) is 31.4 Å². The molecule has 2 aromatic heterocycles. The summed E-state index contributed by atoms with van der Waals surface area (Å²) in [5.41, 5.74) is 1.58. The average Bonchev–Trinajstić information content (AvgIpc) is 3.21. The molecule has 1 atom stereocenters. The van der Waals surface area contributed by atoms with Crippen LogP contribution in [0.5, 0.6) is 5.75 Å². The van der Waals surface area contributed by atoms with Gasteiger partial charge >= 0.3 is 0 Å². The highest BCUT2D eigenvalue weighted by Gasteiger charge is 2.32. The first-order valence-corrected chi connectivity index (χ1v) is 8.53. The molecule has 0 N–H and O–H groups in total. The molecule has 0 radical (unpaired) electrons. The Morgan fingerprint density at radius 3 is 2.88 bits per heavy atom. The Kier molecular flexibility index (Phi) is 4.20. The Morgan fingerprint density at radius 2 is 2.15 bits per heavy atom. The van der Waals surface area contributed by atoms with Crippen LogP contribution < -0.4 is 4.74 Å². The fourth-order valence-corrected chi connectivity index (χ4v) is 3.25. The van der Waals surface area contributed by atoms with Gasteiger partial charge in [-0.05, 0) is 13.0 Å². The van der Waals surface area contributed by atoms with Gasteiger partial charge in [-0.15, -0.1) is 0 Å². The van der Waals surface area contributed by atoms with E-state index in [2.05, 4.69) is 9.97 Å². The molecule has 1 aromatic carbocycles. The first kappa shape index (κ1) is 16.4. The highest BCUT2D eigenvalue weighted by atomic mass is 16.5. The van der Waals surface area contributed by atoms with Crippen molar-refractivity contribution in [2.45, 2.75) is 33.0 Å². The number of nitrogens with zero attached hydrogens (tertiary/aromatic N) is 4. The molecule has 7 nitrogen and oxygen atoms in total. The first-order valence-electron chi connectivity index (χ1n) is 8.53. The van der Waals surface area contributed by atoms with Crippen molar-refractivity contribution in [3.63, 3.8) is 0 Å². The van der Waals surface area contributed by atoms with Crippen LogP contribution >= 0.6 is 0 Å². The summed E-state index contributed by atoms with van der Waals surface area (Å²) in [7, 11) is 0. The van der Waals surface area contributed by atoms with Gasteiger partial charge in [-0.25, -0.2) is 9.97 Å². The molecule has 0 saturated carbocycles. The summed E-state index contributed by atoms with van der Waals surface area (Å²) in [6.07, 6.45) is 5.34. The van der Waals surface area contributed by atoms with Crippen LogP contribution in [0, 0.1) is 13.8 Å². The van der Waals surface area contributed by atoms with Crippen LogP contribution in [0.2, 0.25) is 0 Å². The van der Waals surface area contributed by atoms with E-state index >= 15 is 0 Å². The number of imidazole rings is 1. The molecule has 3 heterocycles. The number of carbonyl (C=O) groups excluding carboxylic acids is 1. The van der Waals surface area contributed by atoms with Gasteiger partial charge in [0.2, 0.25) is 5.76 Å². The van der Waals surface area contributed by atoms with Gasteiger partial charge in [0.25, 0.3) is 5.91 Å². The van der Waals surface area contributed by atoms with Crippen molar-refractivity contribution in [1.29, 1.82) is 0 Å². The Balaban J connectivity index is 1.69. The predicted molar refractivity (Wildman–Crippen MR) is 93.8 cm³/mol. The quantitative estimate of drug-likeness (QED) is 0.724. The van der Waals surface area contributed by atoms with Gasteiger partial charge in [0.1, 0.15) is 12.4 Å². The van der Waals surface area contributed by atoms with Crippen LogP contribution in [0.25, 0.3) is 0 Å².